The topological polar surface area (TPSA) is 87.7 Å². The first-order valence-corrected chi connectivity index (χ1v) is 9.17. The molecule has 1 amide bonds. The number of benzene rings is 1. The molecule has 0 bridgehead atoms. The van der Waals surface area contributed by atoms with Gasteiger partial charge in [0.1, 0.15) is 0 Å². The van der Waals surface area contributed by atoms with Crippen molar-refractivity contribution < 1.29 is 17.9 Å². The summed E-state index contributed by atoms with van der Waals surface area (Å²) < 4.78 is 33.7. The first-order chi connectivity index (χ1) is 10.9. The van der Waals surface area contributed by atoms with Crippen LogP contribution in [0.4, 0.5) is 5.69 Å². The van der Waals surface area contributed by atoms with Gasteiger partial charge in [-0.2, -0.15) is 13.1 Å². The van der Waals surface area contributed by atoms with Crippen LogP contribution in [-0.4, -0.2) is 51.6 Å². The normalized spacial score (nSPS) is 18.7. The highest BCUT2D eigenvalue weighted by Crippen LogP contribution is 2.15. The number of carbonyl (C=O) groups is 1. The molecule has 1 heterocycles. The Balaban J connectivity index is 2.03. The second kappa shape index (κ2) is 7.76. The Morgan fingerprint density at radius 1 is 1.35 bits per heavy atom. The molecule has 0 aliphatic carbocycles. The summed E-state index contributed by atoms with van der Waals surface area (Å²) in [5, 5.41) is 0. The van der Waals surface area contributed by atoms with Crippen molar-refractivity contribution in [2.75, 3.05) is 31.0 Å². The molecule has 128 valence electrons. The van der Waals surface area contributed by atoms with Gasteiger partial charge in [0.2, 0.25) is 0 Å². The van der Waals surface area contributed by atoms with Crippen LogP contribution in [0.5, 0.6) is 0 Å². The molecule has 1 aliphatic rings. The van der Waals surface area contributed by atoms with E-state index in [2.05, 4.69) is 9.44 Å². The van der Waals surface area contributed by atoms with E-state index in [9.17, 15) is 13.2 Å². The third-order valence-electron chi connectivity index (χ3n) is 3.55. The van der Waals surface area contributed by atoms with E-state index < -0.39 is 10.2 Å². The lowest BCUT2D eigenvalue weighted by atomic mass is 10.1. The van der Waals surface area contributed by atoms with Crippen LogP contribution < -0.4 is 9.44 Å². The van der Waals surface area contributed by atoms with Gasteiger partial charge in [0.05, 0.1) is 19.3 Å². The second-order valence-electron chi connectivity index (χ2n) is 5.50. The average Bonchev–Trinajstić information content (AvgIpc) is 2.53. The standard InChI is InChI=1S/C15H23N3O4S/c1-3-8-16-23(20,21)17-14-6-4-13(5-7-14)15(19)18-9-10-22-11-12(18)2/h4-7,12,16-17H,3,8-11H2,1-2H3. The molecule has 2 rings (SSSR count). The summed E-state index contributed by atoms with van der Waals surface area (Å²) in [5.41, 5.74) is 0.948. The first-order valence-electron chi connectivity index (χ1n) is 7.69. The lowest BCUT2D eigenvalue weighted by Gasteiger charge is -2.33. The van der Waals surface area contributed by atoms with Crippen molar-refractivity contribution in [2.45, 2.75) is 26.3 Å². The summed E-state index contributed by atoms with van der Waals surface area (Å²) in [6.45, 7) is 5.84. The molecule has 1 atom stereocenters. The quantitative estimate of drug-likeness (QED) is 0.814. The Morgan fingerprint density at radius 3 is 2.65 bits per heavy atom. The maximum atomic E-state index is 12.5. The molecule has 2 N–H and O–H groups in total. The molecule has 1 fully saturated rings. The van der Waals surface area contributed by atoms with Gasteiger partial charge in [-0.1, -0.05) is 6.92 Å². The van der Waals surface area contributed by atoms with Gasteiger partial charge in [-0.15, -0.1) is 0 Å². The molecule has 1 aromatic rings. The van der Waals surface area contributed by atoms with Crippen molar-refractivity contribution in [1.82, 2.24) is 9.62 Å². The van der Waals surface area contributed by atoms with Gasteiger partial charge < -0.3 is 9.64 Å². The summed E-state index contributed by atoms with van der Waals surface area (Å²) in [5.74, 6) is -0.0701. The molecule has 0 spiro atoms. The highest BCUT2D eigenvalue weighted by Gasteiger charge is 2.24. The van der Waals surface area contributed by atoms with Crippen LogP contribution in [0.3, 0.4) is 0 Å². The molecule has 8 heteroatoms. The lowest BCUT2D eigenvalue weighted by Crippen LogP contribution is -2.47. The molecule has 1 unspecified atom stereocenters. The van der Waals surface area contributed by atoms with E-state index >= 15 is 0 Å². The summed E-state index contributed by atoms with van der Waals surface area (Å²) in [4.78, 5) is 14.2. The summed E-state index contributed by atoms with van der Waals surface area (Å²) in [6.07, 6.45) is 0.714. The number of ether oxygens (including phenoxy) is 1. The maximum Gasteiger partial charge on any atom is 0.299 e. The van der Waals surface area contributed by atoms with Gasteiger partial charge in [0.15, 0.2) is 0 Å². The Bertz CT molecular complexity index is 631. The van der Waals surface area contributed by atoms with Crippen molar-refractivity contribution in [3.05, 3.63) is 29.8 Å². The fourth-order valence-electron chi connectivity index (χ4n) is 2.30. The average molecular weight is 341 g/mol. The fourth-order valence-corrected chi connectivity index (χ4v) is 3.29. The van der Waals surface area contributed by atoms with Crippen LogP contribution in [-0.2, 0) is 14.9 Å². The van der Waals surface area contributed by atoms with Crippen LogP contribution in [0.1, 0.15) is 30.6 Å². The van der Waals surface area contributed by atoms with Gasteiger partial charge >= 0.3 is 0 Å². The van der Waals surface area contributed by atoms with E-state index in [0.29, 0.717) is 44.0 Å². The third kappa shape index (κ3) is 4.92. The number of morpholine rings is 1. The van der Waals surface area contributed by atoms with E-state index in [1.807, 2.05) is 13.8 Å². The number of anilines is 1. The minimum Gasteiger partial charge on any atom is -0.377 e. The van der Waals surface area contributed by atoms with Crippen LogP contribution in [0, 0.1) is 0 Å². The highest BCUT2D eigenvalue weighted by molar-refractivity contribution is 7.90. The number of nitrogens with zero attached hydrogens (tertiary/aromatic N) is 1. The van der Waals surface area contributed by atoms with Crippen molar-refractivity contribution >= 4 is 21.8 Å². The molecular formula is C15H23N3O4S. The predicted molar refractivity (Wildman–Crippen MR) is 88.6 cm³/mol. The molecule has 1 saturated heterocycles. The fraction of sp³-hybridized carbons (Fsp3) is 0.533. The van der Waals surface area contributed by atoms with Crippen molar-refractivity contribution in [3.8, 4) is 0 Å². The van der Waals surface area contributed by atoms with Crippen molar-refractivity contribution in [3.63, 3.8) is 0 Å². The molecular weight excluding hydrogens is 318 g/mol. The van der Waals surface area contributed by atoms with E-state index in [1.54, 1.807) is 29.2 Å². The second-order valence-corrected chi connectivity index (χ2v) is 7.00. The van der Waals surface area contributed by atoms with Gasteiger partial charge in [0, 0.05) is 24.3 Å². The first kappa shape index (κ1) is 17.7. The number of amides is 1. The smallest absolute Gasteiger partial charge is 0.299 e. The monoisotopic (exact) mass is 341 g/mol. The SMILES string of the molecule is CCCNS(=O)(=O)Nc1ccc(C(=O)N2CCOCC2C)cc1. The summed E-state index contributed by atoms with van der Waals surface area (Å²) in [7, 11) is -3.57. The van der Waals surface area contributed by atoms with Crippen LogP contribution >= 0.6 is 0 Å². The zero-order valence-electron chi connectivity index (χ0n) is 13.4. The van der Waals surface area contributed by atoms with Gasteiger partial charge in [-0.25, -0.2) is 0 Å². The minimum atomic E-state index is -3.57. The van der Waals surface area contributed by atoms with E-state index in [0.717, 1.165) is 0 Å². The molecule has 0 saturated carbocycles. The zero-order valence-corrected chi connectivity index (χ0v) is 14.2. The molecule has 1 aliphatic heterocycles. The van der Waals surface area contributed by atoms with Gasteiger partial charge in [-0.3, -0.25) is 9.52 Å². The van der Waals surface area contributed by atoms with E-state index in [1.165, 1.54) is 0 Å². The Morgan fingerprint density at radius 2 is 2.04 bits per heavy atom. The minimum absolute atomic E-state index is 0.0349. The highest BCUT2D eigenvalue weighted by atomic mass is 32.2. The van der Waals surface area contributed by atoms with E-state index in [-0.39, 0.29) is 11.9 Å². The lowest BCUT2D eigenvalue weighted by molar-refractivity contribution is 0.00359. The molecule has 0 aromatic heterocycles. The predicted octanol–water partition coefficient (Wildman–Crippen LogP) is 1.20. The largest absolute Gasteiger partial charge is 0.377 e. The number of hydrogen-bond donors (Lipinski definition) is 2. The van der Waals surface area contributed by atoms with Gasteiger partial charge in [0.25, 0.3) is 16.1 Å². The van der Waals surface area contributed by atoms with Crippen LogP contribution in [0.25, 0.3) is 0 Å². The number of carbonyl (C=O) groups excluding carboxylic acids is 1. The Hall–Kier alpha value is -1.64. The molecule has 0 radical (unpaired) electrons. The van der Waals surface area contributed by atoms with Crippen LogP contribution in [0.2, 0.25) is 0 Å². The molecule has 7 nitrogen and oxygen atoms in total. The summed E-state index contributed by atoms with van der Waals surface area (Å²) in [6, 6.07) is 6.46. The van der Waals surface area contributed by atoms with E-state index in [4.69, 9.17) is 4.74 Å². The third-order valence-corrected chi connectivity index (χ3v) is 4.64. The van der Waals surface area contributed by atoms with Crippen molar-refractivity contribution in [2.24, 2.45) is 0 Å². The number of hydrogen-bond acceptors (Lipinski definition) is 4. The molecule has 23 heavy (non-hydrogen) atoms. The zero-order chi connectivity index (χ0) is 16.9. The van der Waals surface area contributed by atoms with Gasteiger partial charge in [-0.05, 0) is 37.6 Å². The Labute approximate surface area is 137 Å². The summed E-state index contributed by atoms with van der Waals surface area (Å²) >= 11 is 0. The maximum absolute atomic E-state index is 12.5. The number of nitrogens with one attached hydrogen (secondary N) is 2. The van der Waals surface area contributed by atoms with Crippen molar-refractivity contribution in [1.29, 1.82) is 0 Å². The number of rotatable bonds is 6. The van der Waals surface area contributed by atoms with Crippen LogP contribution in [0.15, 0.2) is 24.3 Å². The Kier molecular flexibility index (Phi) is 5.97. The molecule has 1 aromatic carbocycles.